The first-order valence-corrected chi connectivity index (χ1v) is 31.9. The van der Waals surface area contributed by atoms with Gasteiger partial charge in [0.2, 0.25) is 16.9 Å². The lowest BCUT2D eigenvalue weighted by Crippen LogP contribution is -2.83. The molecule has 4 amide bonds. The molecule has 1 aromatic heterocycles. The summed E-state index contributed by atoms with van der Waals surface area (Å²) in [5.41, 5.74) is 18.4. The van der Waals surface area contributed by atoms with E-state index in [-0.39, 0.29) is 57.3 Å². The average molecular weight is 1240 g/mol. The number of aromatic nitrogens is 1. The van der Waals surface area contributed by atoms with Crippen molar-refractivity contribution in [1.29, 1.82) is 5.41 Å². The van der Waals surface area contributed by atoms with E-state index in [2.05, 4.69) is 51.7 Å². The Bertz CT molecular complexity index is 3480. The van der Waals surface area contributed by atoms with Gasteiger partial charge in [-0.3, -0.25) is 39.8 Å². The van der Waals surface area contributed by atoms with Crippen molar-refractivity contribution in [3.8, 4) is 0 Å². The summed E-state index contributed by atoms with van der Waals surface area (Å²) < 4.78 is 30.9. The molecular formula is C65H84N12O11S. The summed E-state index contributed by atoms with van der Waals surface area (Å²) >= 11 is 1.46. The van der Waals surface area contributed by atoms with E-state index < -0.39 is 35.6 Å². The van der Waals surface area contributed by atoms with E-state index in [0.29, 0.717) is 142 Å². The molecule has 6 fully saturated rings. The number of anilines is 1. The third-order valence-electron chi connectivity index (χ3n) is 20.0. The van der Waals surface area contributed by atoms with Crippen molar-refractivity contribution in [2.75, 3.05) is 105 Å². The number of fused-ring (bicyclic) bond motifs is 3. The van der Waals surface area contributed by atoms with E-state index in [1.165, 1.54) is 24.0 Å². The molecule has 4 aliphatic carbocycles. The number of para-hydroxylation sites is 1. The van der Waals surface area contributed by atoms with Gasteiger partial charge in [0, 0.05) is 78.9 Å². The Hall–Kier alpha value is -7.32. The molecule has 0 radical (unpaired) electrons. The largest absolute Gasteiger partial charge is 0.480 e. The number of aliphatic hydroxyl groups excluding tert-OH is 1. The van der Waals surface area contributed by atoms with Crippen LogP contribution in [0.4, 0.5) is 10.8 Å². The van der Waals surface area contributed by atoms with E-state index in [0.717, 1.165) is 65.9 Å². The molecular weight excluding hydrogens is 1160 g/mol. The van der Waals surface area contributed by atoms with Crippen LogP contribution in [0.5, 0.6) is 0 Å². The maximum absolute atomic E-state index is 13.3. The van der Waals surface area contributed by atoms with Gasteiger partial charge in [-0.05, 0) is 137 Å². The number of thiazole rings is 1. The fourth-order valence-corrected chi connectivity index (χ4v) is 17.0. The number of amides is 4. The topological polar surface area (TPSA) is 314 Å². The number of ether oxygens (including phenoxy) is 5. The zero-order valence-corrected chi connectivity index (χ0v) is 52.4. The van der Waals surface area contributed by atoms with Crippen molar-refractivity contribution in [2.24, 2.45) is 49.5 Å². The second-order valence-corrected chi connectivity index (χ2v) is 26.4. The number of likely N-dealkylation sites (N-methyl/N-ethyl adjacent to an activating group) is 1. The highest BCUT2D eigenvalue weighted by atomic mass is 32.1. The van der Waals surface area contributed by atoms with Crippen molar-refractivity contribution >= 4 is 73.4 Å². The molecule has 89 heavy (non-hydrogen) atoms. The molecule has 8 aliphatic rings. The number of nitrogens with one attached hydrogen (secondary N) is 4. The first kappa shape index (κ1) is 63.3. The molecule has 4 aliphatic heterocycles. The highest BCUT2D eigenvalue weighted by Crippen LogP contribution is 2.91. The molecule has 1 spiro atoms. The van der Waals surface area contributed by atoms with Crippen molar-refractivity contribution < 1.29 is 53.1 Å². The lowest BCUT2D eigenvalue weighted by atomic mass is 9.24. The van der Waals surface area contributed by atoms with Gasteiger partial charge in [0.25, 0.3) is 17.8 Å². The summed E-state index contributed by atoms with van der Waals surface area (Å²) in [6.07, 6.45) is 12.2. The van der Waals surface area contributed by atoms with Gasteiger partial charge in [0.1, 0.15) is 29.2 Å². The van der Waals surface area contributed by atoms with E-state index in [1.54, 1.807) is 24.3 Å². The molecule has 2 aromatic carbocycles. The smallest absolute Gasteiger partial charge is 0.299 e. The standard InChI is InChI=1S/C65H84N12O11S/c1-39(55(67)74-61-71-47-12-6-7-14-50(47)89-61)43-11-9-20-76(56(43)68)51-17-15-44(54(72-51)60(82)83)46(35-66)40(2)70-36-42-33-63(4)38-64(37-62(3)32-41(42)34-65(62,63)64)88-25-22-75(5)21-24-85-27-29-87-31-30-86-28-26-84-23-19-69-48-13-8-10-45-53(48)59(81)77(58(45)80)49-16-18-52(78)73-57(49)79/h6-8,10,12-15,17,35,41-42,49,68-69,72,82-83H,9,11,16,18-34,36-38,66H2,1-5H3,(H2,67,71,74)(H,73,78,79)/b43-39-,46-35+,68-56?,70-40?. The summed E-state index contributed by atoms with van der Waals surface area (Å²) in [4.78, 5) is 69.9. The molecule has 7 unspecified atom stereocenters. The number of nitrogens with two attached hydrogens (primary N) is 2. The van der Waals surface area contributed by atoms with Crippen molar-refractivity contribution in [1.82, 2.24) is 30.3 Å². The minimum absolute atomic E-state index is 0.0582. The number of carbonyl (C=O) groups excluding carboxylic acids is 4. The van der Waals surface area contributed by atoms with Crippen LogP contribution < -0.4 is 27.4 Å². The average Bonchev–Trinajstić information content (AvgIpc) is 1.56. The molecule has 24 heteroatoms. The summed E-state index contributed by atoms with van der Waals surface area (Å²) in [5.74, 6) is -1.06. The third kappa shape index (κ3) is 12.0. The van der Waals surface area contributed by atoms with E-state index >= 15 is 0 Å². The van der Waals surface area contributed by atoms with Crippen LogP contribution in [0.15, 0.2) is 111 Å². The number of aliphatic imine (C=N–C) groups is 2. The Morgan fingerprint density at radius 2 is 1.60 bits per heavy atom. The van der Waals surface area contributed by atoms with Crippen LogP contribution in [0.25, 0.3) is 10.2 Å². The Morgan fingerprint density at radius 3 is 2.31 bits per heavy atom. The fraction of sp³-hybridized carbons (Fsp3) is 0.538. The first-order valence-electron chi connectivity index (χ1n) is 31.0. The normalized spacial score (nSPS) is 28.1. The number of hydrogen-bond donors (Lipinski definition) is 8. The highest BCUT2D eigenvalue weighted by Gasteiger charge is 2.89. The van der Waals surface area contributed by atoms with Gasteiger partial charge in [-0.25, -0.2) is 9.98 Å². The number of hydrogen-bond acceptors (Lipinski definition) is 20. The predicted molar refractivity (Wildman–Crippen MR) is 339 cm³/mol. The predicted octanol–water partition coefficient (Wildman–Crippen LogP) is 7.14. The lowest BCUT2D eigenvalue weighted by Gasteiger charge is -2.83. The number of likely N-dealkylation sites (tertiary alicyclic amines) is 1. The zero-order valence-electron chi connectivity index (χ0n) is 51.6. The number of piperidine rings is 2. The molecule has 23 nitrogen and oxygen atoms in total. The molecule has 10 N–H and O–H groups in total. The minimum Gasteiger partial charge on any atom is -0.480 e. The second-order valence-electron chi connectivity index (χ2n) is 25.3. The molecule has 11 rings (SSSR count). The van der Waals surface area contributed by atoms with Crippen LogP contribution in [-0.2, 0) is 33.3 Å². The Kier molecular flexibility index (Phi) is 18.7. The number of allylic oxidation sites excluding steroid dienone is 3. The van der Waals surface area contributed by atoms with Crippen molar-refractivity contribution in [3.05, 3.63) is 112 Å². The van der Waals surface area contributed by atoms with Crippen LogP contribution in [0, 0.1) is 33.5 Å². The number of amidine groups is 2. The molecule has 4 saturated carbocycles. The summed E-state index contributed by atoms with van der Waals surface area (Å²) in [5, 5.41) is 39.8. The summed E-state index contributed by atoms with van der Waals surface area (Å²) in [6.45, 7) is 16.1. The lowest BCUT2D eigenvalue weighted by molar-refractivity contribution is -0.404. The van der Waals surface area contributed by atoms with Crippen LogP contribution in [0.1, 0.15) is 106 Å². The number of imide groups is 2. The van der Waals surface area contributed by atoms with Crippen LogP contribution >= 0.6 is 11.3 Å². The molecule has 2 saturated heterocycles. The monoisotopic (exact) mass is 1240 g/mol. The number of benzene rings is 2. The van der Waals surface area contributed by atoms with E-state index in [4.69, 9.17) is 40.1 Å². The van der Waals surface area contributed by atoms with Gasteiger partial charge in [0.05, 0.1) is 86.4 Å². The van der Waals surface area contributed by atoms with Gasteiger partial charge in [-0.2, -0.15) is 0 Å². The Balaban J connectivity index is 0.567. The molecule has 7 atom stereocenters. The number of dihydropyridines is 1. The Labute approximate surface area is 522 Å². The third-order valence-corrected chi connectivity index (χ3v) is 20.9. The van der Waals surface area contributed by atoms with Gasteiger partial charge >= 0.3 is 0 Å². The SMILES string of the molecule is CC(=NCC1CC2(C)CC3(OCCN(C)CCOCCOCCOCCOCCNc4cccc5c4C(=O)N(C4CCC(=O)NC4=O)C5=O)CC4(C)CC1CC243)/C(=C\N)C1=CC=C(N2CCC/C(=C(C)/C(N)=N\c3nc4ccccc4s3)C2=N)NC1=C(O)O. The quantitative estimate of drug-likeness (QED) is 0.0118. The maximum Gasteiger partial charge on any atom is 0.299 e. The van der Waals surface area contributed by atoms with Gasteiger partial charge in [-0.1, -0.05) is 43.4 Å². The van der Waals surface area contributed by atoms with Gasteiger partial charge < -0.3 is 65.8 Å². The van der Waals surface area contributed by atoms with Gasteiger partial charge in [0.15, 0.2) is 0 Å². The molecule has 3 aromatic rings. The fourth-order valence-electron chi connectivity index (χ4n) is 16.1. The summed E-state index contributed by atoms with van der Waals surface area (Å²) in [7, 11) is 2.11. The number of nitrogens with zero attached hydrogens (tertiary/aromatic N) is 6. The minimum atomic E-state index is -1.02. The molecule has 5 heterocycles. The van der Waals surface area contributed by atoms with Crippen molar-refractivity contribution in [3.63, 3.8) is 0 Å². The van der Waals surface area contributed by atoms with Crippen LogP contribution in [0.3, 0.4) is 0 Å². The first-order chi connectivity index (χ1) is 42.8. The highest BCUT2D eigenvalue weighted by molar-refractivity contribution is 7.22. The summed E-state index contributed by atoms with van der Waals surface area (Å²) in [6, 6.07) is 11.7. The molecule has 476 valence electrons. The number of rotatable bonds is 28. The van der Waals surface area contributed by atoms with Crippen molar-refractivity contribution in [2.45, 2.75) is 97.1 Å². The van der Waals surface area contributed by atoms with Crippen LogP contribution in [0.2, 0.25) is 0 Å². The van der Waals surface area contributed by atoms with Crippen LogP contribution in [-0.4, -0.2) is 182 Å². The second kappa shape index (κ2) is 26.3. The van der Waals surface area contributed by atoms with E-state index in [1.807, 2.05) is 49.1 Å². The maximum atomic E-state index is 13.3. The number of aliphatic hydroxyl groups is 2. The molecule has 2 bridgehead atoms. The number of carbonyl (C=O) groups is 4. The van der Waals surface area contributed by atoms with E-state index in [9.17, 15) is 34.8 Å². The Morgan fingerprint density at radius 1 is 0.888 bits per heavy atom. The zero-order chi connectivity index (χ0) is 62.8. The van der Waals surface area contributed by atoms with Gasteiger partial charge in [-0.15, -0.1) is 0 Å².